The molecule has 1 saturated heterocycles. The smallest absolute Gasteiger partial charge is 0.243 e. The molecule has 0 radical (unpaired) electrons. The molecule has 26 heavy (non-hydrogen) atoms. The molecule has 1 aliphatic rings. The summed E-state index contributed by atoms with van der Waals surface area (Å²) < 4.78 is 29.6. The van der Waals surface area contributed by atoms with E-state index in [-0.39, 0.29) is 0 Å². The molecule has 0 N–H and O–H groups in total. The number of nitrogens with zero attached hydrogens (tertiary/aromatic N) is 3. The van der Waals surface area contributed by atoms with E-state index >= 15 is 0 Å². The SMILES string of the molecule is CCSCCSc1nc2cc(S(=O)(=O)N3CCCCC3)ccc2n1CC. The first-order chi connectivity index (χ1) is 12.6. The zero-order valence-corrected chi connectivity index (χ0v) is 17.9. The van der Waals surface area contributed by atoms with Gasteiger partial charge in [-0.3, -0.25) is 0 Å². The van der Waals surface area contributed by atoms with Gasteiger partial charge >= 0.3 is 0 Å². The van der Waals surface area contributed by atoms with E-state index in [1.54, 1.807) is 28.2 Å². The van der Waals surface area contributed by atoms with Crippen LogP contribution in [0, 0.1) is 0 Å². The summed E-state index contributed by atoms with van der Waals surface area (Å²) in [7, 11) is -3.41. The Bertz CT molecular complexity index is 843. The minimum Gasteiger partial charge on any atom is -0.319 e. The zero-order chi connectivity index (χ0) is 18.6. The maximum atomic E-state index is 12.9. The van der Waals surface area contributed by atoms with Gasteiger partial charge in [-0.1, -0.05) is 25.1 Å². The Morgan fingerprint density at radius 3 is 2.58 bits per heavy atom. The van der Waals surface area contributed by atoms with Crippen LogP contribution < -0.4 is 0 Å². The molecule has 0 atom stereocenters. The van der Waals surface area contributed by atoms with Crippen molar-refractivity contribution in [3.8, 4) is 0 Å². The molecule has 0 amide bonds. The molecular weight excluding hydrogens is 386 g/mol. The van der Waals surface area contributed by atoms with E-state index in [9.17, 15) is 8.42 Å². The van der Waals surface area contributed by atoms with E-state index in [0.717, 1.165) is 59.3 Å². The number of hydrogen-bond acceptors (Lipinski definition) is 5. The van der Waals surface area contributed by atoms with Crippen molar-refractivity contribution < 1.29 is 8.42 Å². The lowest BCUT2D eigenvalue weighted by Gasteiger charge is -2.25. The fourth-order valence-electron chi connectivity index (χ4n) is 3.25. The molecule has 1 fully saturated rings. The first-order valence-corrected chi connectivity index (χ1v) is 12.9. The average Bonchev–Trinajstić information content (AvgIpc) is 3.02. The molecule has 1 aliphatic heterocycles. The Morgan fingerprint density at radius 2 is 1.88 bits per heavy atom. The van der Waals surface area contributed by atoms with E-state index < -0.39 is 10.0 Å². The van der Waals surface area contributed by atoms with Gasteiger partial charge in [0.25, 0.3) is 0 Å². The highest BCUT2D eigenvalue weighted by Gasteiger charge is 2.26. The summed E-state index contributed by atoms with van der Waals surface area (Å²) in [6.45, 7) is 6.35. The zero-order valence-electron chi connectivity index (χ0n) is 15.5. The van der Waals surface area contributed by atoms with E-state index in [2.05, 4.69) is 18.4 Å². The molecule has 1 aromatic heterocycles. The van der Waals surface area contributed by atoms with Gasteiger partial charge in [0.2, 0.25) is 10.0 Å². The molecule has 144 valence electrons. The summed E-state index contributed by atoms with van der Waals surface area (Å²) in [5.74, 6) is 3.24. The van der Waals surface area contributed by atoms with Gasteiger partial charge in [-0.15, -0.1) is 0 Å². The Balaban J connectivity index is 1.88. The van der Waals surface area contributed by atoms with Crippen LogP contribution in [0.2, 0.25) is 0 Å². The Hall–Kier alpha value is -0.700. The van der Waals surface area contributed by atoms with Crippen LogP contribution >= 0.6 is 23.5 Å². The van der Waals surface area contributed by atoms with Gasteiger partial charge in [0, 0.05) is 31.1 Å². The molecule has 0 saturated carbocycles. The van der Waals surface area contributed by atoms with E-state index in [0.29, 0.717) is 18.0 Å². The van der Waals surface area contributed by atoms with Crippen molar-refractivity contribution in [2.45, 2.75) is 49.7 Å². The van der Waals surface area contributed by atoms with Gasteiger partial charge in [-0.2, -0.15) is 16.1 Å². The normalized spacial score (nSPS) is 16.4. The topological polar surface area (TPSA) is 55.2 Å². The Morgan fingerprint density at radius 1 is 1.12 bits per heavy atom. The molecular formula is C18H27N3O2S3. The second-order valence-corrected chi connectivity index (χ2v) is 10.7. The van der Waals surface area contributed by atoms with E-state index in [4.69, 9.17) is 4.98 Å². The van der Waals surface area contributed by atoms with Crippen LogP contribution in [0.1, 0.15) is 33.1 Å². The highest BCUT2D eigenvalue weighted by molar-refractivity contribution is 8.02. The number of thioether (sulfide) groups is 2. The minimum atomic E-state index is -3.41. The number of benzene rings is 1. The van der Waals surface area contributed by atoms with Crippen LogP contribution in [0.5, 0.6) is 0 Å². The molecule has 0 unspecified atom stereocenters. The first kappa shape index (κ1) is 20.0. The molecule has 5 nitrogen and oxygen atoms in total. The van der Waals surface area contributed by atoms with Gasteiger partial charge < -0.3 is 4.57 Å². The standard InChI is InChI=1S/C18H27N3O2S3/c1-3-21-17-9-8-15(26(22,23)20-10-6-5-7-11-20)14-16(17)19-18(21)25-13-12-24-4-2/h8-9,14H,3-7,10-13H2,1-2H3. The highest BCUT2D eigenvalue weighted by Crippen LogP contribution is 2.28. The van der Waals surface area contributed by atoms with E-state index in [1.807, 2.05) is 17.8 Å². The summed E-state index contributed by atoms with van der Waals surface area (Å²) in [6, 6.07) is 5.39. The Labute approximate surface area is 165 Å². The minimum absolute atomic E-state index is 0.366. The lowest BCUT2D eigenvalue weighted by atomic mass is 10.2. The van der Waals surface area contributed by atoms with Gasteiger partial charge in [-0.25, -0.2) is 13.4 Å². The fraction of sp³-hybridized carbons (Fsp3) is 0.611. The lowest BCUT2D eigenvalue weighted by Crippen LogP contribution is -2.35. The molecule has 3 rings (SSSR count). The number of fused-ring (bicyclic) bond motifs is 1. The summed E-state index contributed by atoms with van der Waals surface area (Å²) in [5, 5.41) is 0.978. The second kappa shape index (κ2) is 8.99. The predicted octanol–water partition coefficient (Wildman–Crippen LogP) is 4.08. The number of aromatic nitrogens is 2. The largest absolute Gasteiger partial charge is 0.319 e. The second-order valence-electron chi connectivity index (χ2n) is 6.30. The summed E-state index contributed by atoms with van der Waals surface area (Å²) in [4.78, 5) is 5.10. The summed E-state index contributed by atoms with van der Waals surface area (Å²) in [6.07, 6.45) is 3.01. The van der Waals surface area contributed by atoms with Crippen LogP contribution in [0.4, 0.5) is 0 Å². The van der Waals surface area contributed by atoms with Crippen molar-refractivity contribution in [2.24, 2.45) is 0 Å². The third-order valence-electron chi connectivity index (χ3n) is 4.62. The monoisotopic (exact) mass is 413 g/mol. The van der Waals surface area contributed by atoms with Crippen molar-refractivity contribution in [1.29, 1.82) is 0 Å². The quantitative estimate of drug-likeness (QED) is 0.482. The average molecular weight is 414 g/mol. The van der Waals surface area contributed by atoms with Gasteiger partial charge in [0.15, 0.2) is 5.16 Å². The number of sulfonamides is 1. The first-order valence-electron chi connectivity index (χ1n) is 9.29. The maximum Gasteiger partial charge on any atom is 0.243 e. The Kier molecular flexibility index (Phi) is 6.93. The van der Waals surface area contributed by atoms with Crippen molar-refractivity contribution in [2.75, 3.05) is 30.3 Å². The van der Waals surface area contributed by atoms with Crippen LogP contribution in [0.15, 0.2) is 28.3 Å². The molecule has 0 aliphatic carbocycles. The van der Waals surface area contributed by atoms with Crippen molar-refractivity contribution >= 4 is 44.6 Å². The number of piperidine rings is 1. The van der Waals surface area contributed by atoms with Gasteiger partial charge in [-0.05, 0) is 43.7 Å². The van der Waals surface area contributed by atoms with Crippen LogP contribution in [0.3, 0.4) is 0 Å². The number of rotatable bonds is 8. The molecule has 1 aromatic carbocycles. The molecule has 2 aromatic rings. The number of imidazole rings is 1. The van der Waals surface area contributed by atoms with Crippen molar-refractivity contribution in [3.05, 3.63) is 18.2 Å². The van der Waals surface area contributed by atoms with Crippen molar-refractivity contribution in [3.63, 3.8) is 0 Å². The van der Waals surface area contributed by atoms with Gasteiger partial charge in [0.05, 0.1) is 15.9 Å². The number of hydrogen-bond donors (Lipinski definition) is 0. The molecule has 0 bridgehead atoms. The van der Waals surface area contributed by atoms with Crippen LogP contribution in [0.25, 0.3) is 11.0 Å². The summed E-state index contributed by atoms with van der Waals surface area (Å²) in [5.41, 5.74) is 1.78. The van der Waals surface area contributed by atoms with Crippen LogP contribution in [-0.2, 0) is 16.6 Å². The van der Waals surface area contributed by atoms with E-state index in [1.165, 1.54) is 0 Å². The lowest BCUT2D eigenvalue weighted by molar-refractivity contribution is 0.346. The maximum absolute atomic E-state index is 12.9. The fourth-order valence-corrected chi connectivity index (χ4v) is 6.61. The molecule has 0 spiro atoms. The van der Waals surface area contributed by atoms with Crippen molar-refractivity contribution in [1.82, 2.24) is 13.9 Å². The third kappa shape index (κ3) is 4.24. The molecule has 8 heteroatoms. The highest BCUT2D eigenvalue weighted by atomic mass is 32.2. The third-order valence-corrected chi connectivity index (χ3v) is 8.65. The summed E-state index contributed by atoms with van der Waals surface area (Å²) >= 11 is 3.68. The van der Waals surface area contributed by atoms with Crippen LogP contribution in [-0.4, -0.2) is 52.6 Å². The van der Waals surface area contributed by atoms with Gasteiger partial charge in [0.1, 0.15) is 0 Å². The predicted molar refractivity (Wildman–Crippen MR) is 112 cm³/mol. The number of aryl methyl sites for hydroxylation is 1. The molecule has 2 heterocycles.